The molecule has 0 bridgehead atoms. The van der Waals surface area contributed by atoms with Crippen LogP contribution in [-0.4, -0.2) is 24.1 Å². The molecule has 0 spiro atoms. The first-order chi connectivity index (χ1) is 32.8. The van der Waals surface area contributed by atoms with Gasteiger partial charge in [-0.05, 0) is 58.7 Å². The summed E-state index contributed by atoms with van der Waals surface area (Å²) in [6, 6.07) is 64.1. The summed E-state index contributed by atoms with van der Waals surface area (Å²) < 4.78 is 48.2. The van der Waals surface area contributed by atoms with Crippen LogP contribution in [0.25, 0.3) is 111 Å². The first-order valence-corrected chi connectivity index (χ1v) is 20.5. The van der Waals surface area contributed by atoms with Crippen LogP contribution in [0, 0.1) is 0 Å². The smallest absolute Gasteiger partial charge is 0.164 e. The van der Waals surface area contributed by atoms with E-state index in [9.17, 15) is 0 Å². The standard InChI is InChI=1S/C57H37N5/c1-4-17-38(18-5-1)39-31-33-42(34-32-39)56-58-55(41-21-8-3-9-22-41)59-57(60-56)49-37-43(35-36-44(49)40-19-6-2-7-20-40)61-50-27-13-12-25-47(50)48-26-16-30-53(54(48)61)62-51-28-14-10-23-45(51)46-24-11-15-29-52(46)62/h1-37H/i3D,8D,9D,21D,22D. The second kappa shape index (κ2) is 14.7. The van der Waals surface area contributed by atoms with Gasteiger partial charge in [0.25, 0.3) is 0 Å². The number of fused-ring (bicyclic) bond motifs is 6. The lowest BCUT2D eigenvalue weighted by Gasteiger charge is -2.17. The second-order valence-electron chi connectivity index (χ2n) is 15.2. The number of aromatic nitrogens is 5. The summed E-state index contributed by atoms with van der Waals surface area (Å²) >= 11 is 0. The van der Waals surface area contributed by atoms with Crippen LogP contribution in [0.5, 0.6) is 0 Å². The van der Waals surface area contributed by atoms with E-state index in [1.54, 1.807) is 0 Å². The topological polar surface area (TPSA) is 48.5 Å². The van der Waals surface area contributed by atoms with Crippen LogP contribution in [-0.2, 0) is 0 Å². The molecular formula is C57H37N5. The fraction of sp³-hybridized carbons (Fsp3) is 0. The summed E-state index contributed by atoms with van der Waals surface area (Å²) in [4.78, 5) is 15.1. The number of benzene rings is 9. The molecule has 0 aliphatic rings. The van der Waals surface area contributed by atoms with Gasteiger partial charge in [-0.25, -0.2) is 15.0 Å². The summed E-state index contributed by atoms with van der Waals surface area (Å²) in [5.74, 6) is 0.545. The van der Waals surface area contributed by atoms with E-state index in [0.29, 0.717) is 17.0 Å². The summed E-state index contributed by atoms with van der Waals surface area (Å²) in [7, 11) is 0. The van der Waals surface area contributed by atoms with E-state index < -0.39 is 30.2 Å². The van der Waals surface area contributed by atoms with Gasteiger partial charge in [0, 0.05) is 43.9 Å². The fourth-order valence-corrected chi connectivity index (χ4v) is 8.90. The Hall–Kier alpha value is -8.41. The van der Waals surface area contributed by atoms with Crippen LogP contribution in [0.4, 0.5) is 0 Å². The van der Waals surface area contributed by atoms with Crippen molar-refractivity contribution in [2.75, 3.05) is 0 Å². The van der Waals surface area contributed by atoms with Gasteiger partial charge in [0.15, 0.2) is 17.5 Å². The molecule has 0 saturated heterocycles. The van der Waals surface area contributed by atoms with Gasteiger partial charge in [0.05, 0.1) is 34.6 Å². The van der Waals surface area contributed by atoms with E-state index in [1.807, 2.05) is 84.9 Å². The summed E-state index contributed by atoms with van der Waals surface area (Å²) in [5.41, 5.74) is 11.2. The normalized spacial score (nSPS) is 12.7. The third-order valence-electron chi connectivity index (χ3n) is 11.7. The molecule has 12 aromatic rings. The molecule has 0 aliphatic heterocycles. The van der Waals surface area contributed by atoms with Crippen LogP contribution in [0.2, 0.25) is 0 Å². The Bertz CT molecular complexity index is 3840. The van der Waals surface area contributed by atoms with E-state index in [-0.39, 0.29) is 17.2 Å². The Labute approximate surface area is 365 Å². The lowest BCUT2D eigenvalue weighted by Crippen LogP contribution is -2.03. The molecule has 0 N–H and O–H groups in total. The van der Waals surface area contributed by atoms with Gasteiger partial charge < -0.3 is 9.13 Å². The summed E-state index contributed by atoms with van der Waals surface area (Å²) in [6.07, 6.45) is 0. The molecule has 62 heavy (non-hydrogen) atoms. The van der Waals surface area contributed by atoms with Crippen molar-refractivity contribution in [1.82, 2.24) is 24.1 Å². The van der Waals surface area contributed by atoms with E-state index in [4.69, 9.17) is 21.8 Å². The van der Waals surface area contributed by atoms with Crippen LogP contribution in [0.1, 0.15) is 6.85 Å². The lowest BCUT2D eigenvalue weighted by atomic mass is 9.98. The molecule has 0 amide bonds. The third kappa shape index (κ3) is 5.90. The van der Waals surface area contributed by atoms with Crippen molar-refractivity contribution in [2.24, 2.45) is 0 Å². The lowest BCUT2D eigenvalue weighted by molar-refractivity contribution is 1.07. The van der Waals surface area contributed by atoms with Crippen molar-refractivity contribution < 1.29 is 6.85 Å². The highest BCUT2D eigenvalue weighted by Crippen LogP contribution is 2.41. The number of rotatable bonds is 7. The highest BCUT2D eigenvalue weighted by molar-refractivity contribution is 6.15. The van der Waals surface area contributed by atoms with Gasteiger partial charge in [-0.2, -0.15) is 0 Å². The van der Waals surface area contributed by atoms with Crippen LogP contribution >= 0.6 is 0 Å². The highest BCUT2D eigenvalue weighted by Gasteiger charge is 2.22. The molecule has 0 aliphatic carbocycles. The van der Waals surface area contributed by atoms with Crippen molar-refractivity contribution in [1.29, 1.82) is 0 Å². The van der Waals surface area contributed by atoms with Gasteiger partial charge >= 0.3 is 0 Å². The number of hydrogen-bond acceptors (Lipinski definition) is 3. The van der Waals surface area contributed by atoms with E-state index >= 15 is 0 Å². The largest absolute Gasteiger partial charge is 0.307 e. The van der Waals surface area contributed by atoms with Crippen LogP contribution < -0.4 is 0 Å². The van der Waals surface area contributed by atoms with Gasteiger partial charge in [-0.15, -0.1) is 0 Å². The van der Waals surface area contributed by atoms with Gasteiger partial charge in [-0.1, -0.05) is 188 Å². The minimum atomic E-state index is -0.490. The summed E-state index contributed by atoms with van der Waals surface area (Å²) in [5, 5.41) is 4.53. The maximum absolute atomic E-state index is 9.01. The van der Waals surface area contributed by atoms with Crippen molar-refractivity contribution >= 4 is 43.6 Å². The van der Waals surface area contributed by atoms with Crippen molar-refractivity contribution in [3.63, 3.8) is 0 Å². The first kappa shape index (κ1) is 30.6. The van der Waals surface area contributed by atoms with Gasteiger partial charge in [-0.3, -0.25) is 0 Å². The minimum absolute atomic E-state index is 0.0286. The highest BCUT2D eigenvalue weighted by atomic mass is 15.1. The van der Waals surface area contributed by atoms with Crippen LogP contribution in [0.15, 0.2) is 224 Å². The Kier molecular flexibility index (Phi) is 7.25. The molecule has 0 fully saturated rings. The number of hydrogen-bond donors (Lipinski definition) is 0. The minimum Gasteiger partial charge on any atom is -0.307 e. The number of para-hydroxylation sites is 4. The number of nitrogens with zero attached hydrogens (tertiary/aromatic N) is 5. The molecular weight excluding hydrogens is 755 g/mol. The molecule has 12 rings (SSSR count). The van der Waals surface area contributed by atoms with Crippen molar-refractivity contribution in [2.45, 2.75) is 0 Å². The summed E-state index contributed by atoms with van der Waals surface area (Å²) in [6.45, 7) is 0. The zero-order chi connectivity index (χ0) is 45.3. The zero-order valence-corrected chi connectivity index (χ0v) is 33.2. The molecule has 0 unspecified atom stereocenters. The van der Waals surface area contributed by atoms with E-state index in [1.165, 1.54) is 10.8 Å². The van der Waals surface area contributed by atoms with Crippen molar-refractivity contribution in [3.05, 3.63) is 224 Å². The maximum Gasteiger partial charge on any atom is 0.164 e. The van der Waals surface area contributed by atoms with E-state index in [2.05, 4.69) is 118 Å². The Morgan fingerprint density at radius 3 is 1.50 bits per heavy atom. The molecule has 9 aromatic carbocycles. The molecule has 5 nitrogen and oxygen atoms in total. The maximum atomic E-state index is 9.01. The quantitative estimate of drug-likeness (QED) is 0.161. The van der Waals surface area contributed by atoms with Crippen molar-refractivity contribution in [3.8, 4) is 67.8 Å². The molecule has 0 radical (unpaired) electrons. The molecule has 0 saturated carbocycles. The first-order valence-electron chi connectivity index (χ1n) is 23.0. The van der Waals surface area contributed by atoms with E-state index in [0.717, 1.165) is 66.5 Å². The molecule has 3 heterocycles. The monoisotopic (exact) mass is 796 g/mol. The third-order valence-corrected chi connectivity index (χ3v) is 11.7. The van der Waals surface area contributed by atoms with Gasteiger partial charge in [0.1, 0.15) is 0 Å². The Morgan fingerprint density at radius 2 is 0.839 bits per heavy atom. The second-order valence-corrected chi connectivity index (χ2v) is 15.2. The molecule has 5 heteroatoms. The predicted molar refractivity (Wildman–Crippen MR) is 256 cm³/mol. The molecule has 290 valence electrons. The SMILES string of the molecule is [2H]c1c([2H])c([2H])c(-c2nc(-c3ccc(-c4ccccc4)cc3)nc(-c3cc(-n4c5ccccc5c5cccc(-n6c7ccccc7c7ccccc76)c54)ccc3-c3ccccc3)n2)c([2H])c1[2H]. The Balaban J connectivity index is 1.15. The zero-order valence-electron chi connectivity index (χ0n) is 38.2. The van der Waals surface area contributed by atoms with Crippen LogP contribution in [0.3, 0.4) is 0 Å². The fourth-order valence-electron chi connectivity index (χ4n) is 8.90. The predicted octanol–water partition coefficient (Wildman–Crippen LogP) is 14.4. The average molecular weight is 797 g/mol. The Morgan fingerprint density at radius 1 is 0.339 bits per heavy atom. The molecule has 3 aromatic heterocycles. The van der Waals surface area contributed by atoms with Gasteiger partial charge in [0.2, 0.25) is 0 Å². The molecule has 0 atom stereocenters. The average Bonchev–Trinajstić information content (AvgIpc) is 3.91.